The van der Waals surface area contributed by atoms with Gasteiger partial charge in [-0.25, -0.2) is 0 Å². The van der Waals surface area contributed by atoms with Gasteiger partial charge in [-0.05, 0) is 25.1 Å². The maximum Gasteiger partial charge on any atom is 0.240 e. The molecule has 1 aromatic carbocycles. The van der Waals surface area contributed by atoms with E-state index in [0.717, 1.165) is 0 Å². The first kappa shape index (κ1) is 13.5. The number of halogens is 1. The summed E-state index contributed by atoms with van der Waals surface area (Å²) in [5.41, 5.74) is 0.660. The second-order valence-corrected chi connectivity index (χ2v) is 4.33. The maximum atomic E-state index is 11.6. The summed E-state index contributed by atoms with van der Waals surface area (Å²) in [5, 5.41) is 9.86. The van der Waals surface area contributed by atoms with Crippen molar-refractivity contribution in [3.05, 3.63) is 41.0 Å². The molecule has 1 aromatic heterocycles. The molecule has 100 valence electrons. The lowest BCUT2D eigenvalue weighted by molar-refractivity contribution is -0.115. The third kappa shape index (κ3) is 4.35. The molecule has 0 saturated heterocycles. The first-order chi connectivity index (χ1) is 9.13. The molecule has 2 N–H and O–H groups in total. The van der Waals surface area contributed by atoms with Gasteiger partial charge in [-0.15, -0.1) is 0 Å². The summed E-state index contributed by atoms with van der Waals surface area (Å²) in [6.45, 7) is 2.23. The van der Waals surface area contributed by atoms with Crippen LogP contribution < -0.4 is 10.6 Å². The first-order valence-electron chi connectivity index (χ1n) is 5.69. The smallest absolute Gasteiger partial charge is 0.240 e. The molecule has 0 radical (unpaired) electrons. The van der Waals surface area contributed by atoms with E-state index in [1.807, 2.05) is 0 Å². The fourth-order valence-corrected chi connectivity index (χ4v) is 1.66. The number of aromatic nitrogens is 2. The van der Waals surface area contributed by atoms with E-state index >= 15 is 0 Å². The van der Waals surface area contributed by atoms with Crippen molar-refractivity contribution in [1.29, 1.82) is 0 Å². The number of amides is 1. The second kappa shape index (κ2) is 6.31. The van der Waals surface area contributed by atoms with Gasteiger partial charge in [-0.3, -0.25) is 10.1 Å². The Hall–Kier alpha value is -1.92. The van der Waals surface area contributed by atoms with Crippen molar-refractivity contribution in [2.75, 3.05) is 11.9 Å². The van der Waals surface area contributed by atoms with Crippen molar-refractivity contribution < 1.29 is 9.32 Å². The highest BCUT2D eigenvalue weighted by Gasteiger charge is 2.05. The van der Waals surface area contributed by atoms with Crippen LogP contribution in [0.1, 0.15) is 11.7 Å². The Morgan fingerprint density at radius 3 is 3.00 bits per heavy atom. The molecule has 19 heavy (non-hydrogen) atoms. The number of rotatable bonds is 5. The number of nitrogens with one attached hydrogen (secondary N) is 2. The quantitative estimate of drug-likeness (QED) is 0.872. The van der Waals surface area contributed by atoms with Crippen LogP contribution >= 0.6 is 11.6 Å². The van der Waals surface area contributed by atoms with E-state index in [0.29, 0.717) is 29.0 Å². The Morgan fingerprint density at radius 2 is 2.32 bits per heavy atom. The van der Waals surface area contributed by atoms with Crippen molar-refractivity contribution in [2.24, 2.45) is 0 Å². The maximum absolute atomic E-state index is 11.6. The highest BCUT2D eigenvalue weighted by molar-refractivity contribution is 6.30. The Bertz CT molecular complexity index is 570. The SMILES string of the molecule is Cc1noc(CNCC(=O)Nc2cccc(Cl)c2)n1. The van der Waals surface area contributed by atoms with Crippen molar-refractivity contribution in [3.63, 3.8) is 0 Å². The van der Waals surface area contributed by atoms with Crippen molar-refractivity contribution in [1.82, 2.24) is 15.5 Å². The lowest BCUT2D eigenvalue weighted by atomic mass is 10.3. The second-order valence-electron chi connectivity index (χ2n) is 3.90. The van der Waals surface area contributed by atoms with Crippen LogP contribution in [0.3, 0.4) is 0 Å². The van der Waals surface area contributed by atoms with Crippen molar-refractivity contribution >= 4 is 23.2 Å². The standard InChI is InChI=1S/C12H13ClN4O2/c1-8-15-12(19-17-8)7-14-6-11(18)16-10-4-2-3-9(13)5-10/h2-5,14H,6-7H2,1H3,(H,16,18). The number of nitrogens with zero attached hydrogens (tertiary/aromatic N) is 2. The minimum atomic E-state index is -0.168. The summed E-state index contributed by atoms with van der Waals surface area (Å²) in [5.74, 6) is 0.853. The molecule has 0 spiro atoms. The molecular weight excluding hydrogens is 268 g/mol. The minimum absolute atomic E-state index is 0.147. The molecule has 0 unspecified atom stereocenters. The third-order valence-electron chi connectivity index (χ3n) is 2.24. The van der Waals surface area contributed by atoms with Gasteiger partial charge >= 0.3 is 0 Å². The van der Waals surface area contributed by atoms with Gasteiger partial charge in [0.05, 0.1) is 13.1 Å². The Kier molecular flexibility index (Phi) is 4.48. The number of hydrogen-bond acceptors (Lipinski definition) is 5. The van der Waals surface area contributed by atoms with Crippen LogP contribution in [0.25, 0.3) is 0 Å². The van der Waals surface area contributed by atoms with Crippen LogP contribution in [0.5, 0.6) is 0 Å². The molecule has 0 fully saturated rings. The molecule has 0 saturated carbocycles. The number of benzene rings is 1. The van der Waals surface area contributed by atoms with Gasteiger partial charge in [0, 0.05) is 10.7 Å². The van der Waals surface area contributed by atoms with E-state index in [4.69, 9.17) is 16.1 Å². The Labute approximate surface area is 115 Å². The largest absolute Gasteiger partial charge is 0.338 e. The van der Waals surface area contributed by atoms with Crippen molar-refractivity contribution in [3.8, 4) is 0 Å². The molecule has 2 rings (SSSR count). The summed E-state index contributed by atoms with van der Waals surface area (Å²) in [4.78, 5) is 15.6. The number of aryl methyl sites for hydroxylation is 1. The lowest BCUT2D eigenvalue weighted by Gasteiger charge is -2.05. The highest BCUT2D eigenvalue weighted by atomic mass is 35.5. The van der Waals surface area contributed by atoms with E-state index in [1.54, 1.807) is 31.2 Å². The van der Waals surface area contributed by atoms with Crippen LogP contribution in [-0.2, 0) is 11.3 Å². The van der Waals surface area contributed by atoms with E-state index in [2.05, 4.69) is 20.8 Å². The zero-order chi connectivity index (χ0) is 13.7. The predicted molar refractivity (Wildman–Crippen MR) is 70.8 cm³/mol. The van der Waals surface area contributed by atoms with Crippen LogP contribution in [0.15, 0.2) is 28.8 Å². The molecule has 0 aliphatic rings. The lowest BCUT2D eigenvalue weighted by Crippen LogP contribution is -2.27. The normalized spacial score (nSPS) is 10.4. The topological polar surface area (TPSA) is 80.0 Å². The zero-order valence-electron chi connectivity index (χ0n) is 10.3. The van der Waals surface area contributed by atoms with Gasteiger partial charge in [-0.1, -0.05) is 22.8 Å². The Balaban J connectivity index is 1.76. The van der Waals surface area contributed by atoms with Gasteiger partial charge in [0.15, 0.2) is 5.82 Å². The van der Waals surface area contributed by atoms with E-state index in [1.165, 1.54) is 0 Å². The summed E-state index contributed by atoms with van der Waals surface area (Å²) in [6, 6.07) is 6.96. The van der Waals surface area contributed by atoms with Crippen molar-refractivity contribution in [2.45, 2.75) is 13.5 Å². The zero-order valence-corrected chi connectivity index (χ0v) is 11.1. The van der Waals surface area contributed by atoms with Crippen LogP contribution in [0.2, 0.25) is 5.02 Å². The van der Waals surface area contributed by atoms with Crippen LogP contribution in [-0.4, -0.2) is 22.6 Å². The summed E-state index contributed by atoms with van der Waals surface area (Å²) in [6.07, 6.45) is 0. The molecular formula is C12H13ClN4O2. The van der Waals surface area contributed by atoms with Gasteiger partial charge < -0.3 is 9.84 Å². The Morgan fingerprint density at radius 1 is 1.47 bits per heavy atom. The molecule has 7 heteroatoms. The third-order valence-corrected chi connectivity index (χ3v) is 2.47. The van der Waals surface area contributed by atoms with Crippen LogP contribution in [0.4, 0.5) is 5.69 Å². The van der Waals surface area contributed by atoms with E-state index < -0.39 is 0 Å². The predicted octanol–water partition coefficient (Wildman–Crippen LogP) is 1.76. The van der Waals surface area contributed by atoms with E-state index in [9.17, 15) is 4.79 Å². The molecule has 1 heterocycles. The fourth-order valence-electron chi connectivity index (χ4n) is 1.47. The average Bonchev–Trinajstić information content (AvgIpc) is 2.75. The van der Waals surface area contributed by atoms with Gasteiger partial charge in [0.2, 0.25) is 11.8 Å². The monoisotopic (exact) mass is 280 g/mol. The van der Waals surface area contributed by atoms with Crippen LogP contribution in [0, 0.1) is 6.92 Å². The summed E-state index contributed by atoms with van der Waals surface area (Å²) in [7, 11) is 0. The highest BCUT2D eigenvalue weighted by Crippen LogP contribution is 2.14. The van der Waals surface area contributed by atoms with E-state index in [-0.39, 0.29) is 12.5 Å². The number of carbonyl (C=O) groups is 1. The van der Waals surface area contributed by atoms with Gasteiger partial charge in [-0.2, -0.15) is 4.98 Å². The fraction of sp³-hybridized carbons (Fsp3) is 0.250. The molecule has 0 aliphatic carbocycles. The first-order valence-corrected chi connectivity index (χ1v) is 6.06. The number of anilines is 1. The van der Waals surface area contributed by atoms with Gasteiger partial charge in [0.25, 0.3) is 0 Å². The molecule has 1 amide bonds. The molecule has 2 aromatic rings. The molecule has 0 bridgehead atoms. The van der Waals surface area contributed by atoms with Gasteiger partial charge in [0.1, 0.15) is 0 Å². The minimum Gasteiger partial charge on any atom is -0.338 e. The average molecular weight is 281 g/mol. The molecule has 0 aliphatic heterocycles. The summed E-state index contributed by atoms with van der Waals surface area (Å²) >= 11 is 5.82. The molecule has 0 atom stereocenters. The number of hydrogen-bond donors (Lipinski definition) is 2. The molecule has 6 nitrogen and oxygen atoms in total. The number of carbonyl (C=O) groups excluding carboxylic acids is 1. The summed E-state index contributed by atoms with van der Waals surface area (Å²) < 4.78 is 4.91.